The van der Waals surface area contributed by atoms with Gasteiger partial charge in [-0.05, 0) is 88.8 Å². The molecule has 0 bridgehead atoms. The first kappa shape index (κ1) is 38.2. The summed E-state index contributed by atoms with van der Waals surface area (Å²) in [6.45, 7) is -0.766. The van der Waals surface area contributed by atoms with Gasteiger partial charge in [-0.2, -0.15) is 19.0 Å². The summed E-state index contributed by atoms with van der Waals surface area (Å²) in [7, 11) is -0.895. The summed E-state index contributed by atoms with van der Waals surface area (Å²) in [5.41, 5.74) is -0.343. The Hall–Kier alpha value is -4.65. The standard InChI is InChI=1S/C40H34ClF6N5O3S/c1-51-36-27(6-7-30(41)33(36)31(49-51)19-56(2,3)55)26-5-4-24(8-9-39(54)10-11-39)48-34(26)21(12-20-13-22(42)16-23(43)14-20)15-25(53)18-52-37-32(35(50-52)38(44)45)28-17-29(28)40(37,46)47/h4-7,13-14,16,21,28-29,38,54H,2,10-12,15,17-19H2,1,3H3/t21-,28+,29-,56?/m1/s1. The molecule has 1 N–H and O–H groups in total. The van der Waals surface area contributed by atoms with Crippen LogP contribution in [0.1, 0.15) is 83.5 Å². The molecular formula is C40H34ClF6N5O3S. The minimum absolute atomic E-state index is 0.0171. The van der Waals surface area contributed by atoms with Gasteiger partial charge >= 0.3 is 0 Å². The van der Waals surface area contributed by atoms with Crippen molar-refractivity contribution in [3.63, 3.8) is 0 Å². The average molecular weight is 814 g/mol. The third-order valence-corrected chi connectivity index (χ3v) is 11.8. The smallest absolute Gasteiger partial charge is 0.293 e. The molecule has 292 valence electrons. The van der Waals surface area contributed by atoms with Gasteiger partial charge in [0.25, 0.3) is 12.3 Å². The predicted molar refractivity (Wildman–Crippen MR) is 199 cm³/mol. The molecule has 8 nitrogen and oxygen atoms in total. The first-order chi connectivity index (χ1) is 26.3. The lowest BCUT2D eigenvalue weighted by molar-refractivity contribution is -0.120. The minimum atomic E-state index is -3.45. The van der Waals surface area contributed by atoms with E-state index in [-0.39, 0.29) is 41.1 Å². The lowest BCUT2D eigenvalue weighted by atomic mass is 9.86. The van der Waals surface area contributed by atoms with Crippen LogP contribution in [-0.4, -0.2) is 57.4 Å². The van der Waals surface area contributed by atoms with Crippen molar-refractivity contribution in [2.45, 2.75) is 74.2 Å². The van der Waals surface area contributed by atoms with Crippen molar-refractivity contribution in [3.05, 3.63) is 98.7 Å². The Morgan fingerprint density at radius 2 is 1.79 bits per heavy atom. The molecule has 3 aromatic heterocycles. The van der Waals surface area contributed by atoms with Gasteiger partial charge in [-0.25, -0.2) is 22.5 Å². The number of aliphatic hydroxyl groups is 1. The molecule has 0 saturated heterocycles. The van der Waals surface area contributed by atoms with Gasteiger partial charge in [-0.15, -0.1) is 0 Å². The molecule has 4 atom stereocenters. The number of benzene rings is 2. The number of nitrogens with zero attached hydrogens (tertiary/aromatic N) is 5. The molecule has 0 spiro atoms. The van der Waals surface area contributed by atoms with Crippen LogP contribution in [0.25, 0.3) is 22.0 Å². The van der Waals surface area contributed by atoms with E-state index in [4.69, 9.17) is 16.6 Å². The van der Waals surface area contributed by atoms with E-state index >= 15 is 8.78 Å². The molecule has 5 aromatic rings. The zero-order valence-electron chi connectivity index (χ0n) is 30.1. The Labute approximate surface area is 322 Å². The van der Waals surface area contributed by atoms with Crippen LogP contribution in [0.3, 0.4) is 0 Å². The number of fused-ring (bicyclic) bond motifs is 4. The number of aromatic nitrogens is 5. The number of halogens is 7. The van der Waals surface area contributed by atoms with E-state index in [2.05, 4.69) is 27.9 Å². The second-order valence-corrected chi connectivity index (χ2v) is 18.3. The highest BCUT2D eigenvalue weighted by Crippen LogP contribution is 2.68. The molecule has 2 fully saturated rings. The molecule has 56 heavy (non-hydrogen) atoms. The Bertz CT molecular complexity index is 2620. The molecular weight excluding hydrogens is 780 g/mol. The number of pyridine rings is 1. The van der Waals surface area contributed by atoms with Gasteiger partial charge in [0.1, 0.15) is 40.9 Å². The molecule has 3 aliphatic rings. The second-order valence-electron chi connectivity index (χ2n) is 15.2. The van der Waals surface area contributed by atoms with E-state index in [9.17, 15) is 31.7 Å². The number of ketones is 1. The monoisotopic (exact) mass is 813 g/mol. The summed E-state index contributed by atoms with van der Waals surface area (Å²) < 4.78 is 103. The number of rotatable bonds is 11. The van der Waals surface area contributed by atoms with Crippen LogP contribution in [0.4, 0.5) is 26.3 Å². The topological polar surface area (TPSA) is 103 Å². The number of alkyl halides is 4. The summed E-state index contributed by atoms with van der Waals surface area (Å²) >= 11 is 6.71. The molecule has 3 heterocycles. The normalized spacial score (nSPS) is 20.3. The van der Waals surface area contributed by atoms with Crippen molar-refractivity contribution in [2.75, 3.05) is 6.26 Å². The first-order valence-electron chi connectivity index (χ1n) is 17.8. The van der Waals surface area contributed by atoms with Crippen molar-refractivity contribution in [1.29, 1.82) is 0 Å². The number of hydrogen-bond acceptors (Lipinski definition) is 6. The maximum absolute atomic E-state index is 15.4. The van der Waals surface area contributed by atoms with Crippen molar-refractivity contribution in [1.82, 2.24) is 24.5 Å². The largest absolute Gasteiger partial charge is 0.378 e. The van der Waals surface area contributed by atoms with E-state index in [1.54, 1.807) is 36.0 Å². The van der Waals surface area contributed by atoms with Crippen molar-refractivity contribution < 1.29 is 40.5 Å². The zero-order chi connectivity index (χ0) is 40.1. The SMILES string of the molecule is C=S(C)(=O)Cc1nn(C)c2c(-c3ccc(C#CC4(O)CC4)nc3[C@@H](CC(=O)Cn3nc(C(F)F)c4c3C(F)(F)[C@@H]3C[C@H]43)Cc3cc(F)cc(F)c3)ccc(Cl)c12. The van der Waals surface area contributed by atoms with Gasteiger partial charge in [0, 0.05) is 59.7 Å². The van der Waals surface area contributed by atoms with Crippen molar-refractivity contribution >= 4 is 43.7 Å². The Morgan fingerprint density at radius 1 is 1.09 bits per heavy atom. The molecule has 1 unspecified atom stereocenters. The zero-order valence-corrected chi connectivity index (χ0v) is 31.6. The van der Waals surface area contributed by atoms with Crippen molar-refractivity contribution in [2.24, 2.45) is 13.0 Å². The van der Waals surface area contributed by atoms with Crippen LogP contribution in [0.5, 0.6) is 0 Å². The van der Waals surface area contributed by atoms with Crippen LogP contribution in [-0.2, 0) is 46.0 Å². The minimum Gasteiger partial charge on any atom is -0.378 e. The number of carbonyl (C=O) groups is 1. The Balaban J connectivity index is 1.27. The summed E-state index contributed by atoms with van der Waals surface area (Å²) in [5.74, 6) is 0.700. The Kier molecular flexibility index (Phi) is 9.21. The lowest BCUT2D eigenvalue weighted by Crippen LogP contribution is -2.24. The highest BCUT2D eigenvalue weighted by Gasteiger charge is 2.67. The van der Waals surface area contributed by atoms with E-state index in [1.807, 2.05) is 0 Å². The van der Waals surface area contributed by atoms with Crippen LogP contribution in [0.2, 0.25) is 5.02 Å². The summed E-state index contributed by atoms with van der Waals surface area (Å²) in [4.78, 5) is 18.9. The third kappa shape index (κ3) is 7.11. The maximum atomic E-state index is 15.4. The molecule has 0 amide bonds. The number of hydrogen-bond donors (Lipinski definition) is 1. The van der Waals surface area contributed by atoms with Crippen LogP contribution >= 0.6 is 11.6 Å². The van der Waals surface area contributed by atoms with Crippen LogP contribution in [0, 0.1) is 29.4 Å². The fourth-order valence-electron chi connectivity index (χ4n) is 7.94. The second kappa shape index (κ2) is 13.5. The lowest BCUT2D eigenvalue weighted by Gasteiger charge is -2.21. The average Bonchev–Trinajstić information content (AvgIpc) is 3.97. The van der Waals surface area contributed by atoms with E-state index in [1.165, 1.54) is 6.26 Å². The third-order valence-electron chi connectivity index (χ3n) is 10.6. The Morgan fingerprint density at radius 3 is 2.45 bits per heavy atom. The van der Waals surface area contributed by atoms with Gasteiger partial charge < -0.3 is 5.11 Å². The molecule has 2 saturated carbocycles. The molecule has 2 aromatic carbocycles. The van der Waals surface area contributed by atoms with Gasteiger partial charge in [0.2, 0.25) is 0 Å². The quantitative estimate of drug-likeness (QED) is 0.0837. The maximum Gasteiger partial charge on any atom is 0.293 e. The molecule has 16 heteroatoms. The number of carbonyl (C=O) groups excluding carboxylic acids is 1. The predicted octanol–water partition coefficient (Wildman–Crippen LogP) is 7.62. The van der Waals surface area contributed by atoms with Crippen LogP contribution in [0.15, 0.2) is 42.5 Å². The number of Topliss-reactive ketones (excluding diaryl/α,β-unsaturated/α-hetero) is 1. The molecule has 0 aliphatic heterocycles. The first-order valence-corrected chi connectivity index (χ1v) is 20.4. The van der Waals surface area contributed by atoms with E-state index < -0.39 is 87.0 Å². The highest BCUT2D eigenvalue weighted by molar-refractivity contribution is 7.98. The summed E-state index contributed by atoms with van der Waals surface area (Å²) in [5, 5.41) is 19.7. The van der Waals surface area contributed by atoms with Gasteiger partial charge in [-0.3, -0.25) is 18.4 Å². The summed E-state index contributed by atoms with van der Waals surface area (Å²) in [6, 6.07) is 9.52. The number of aryl methyl sites for hydroxylation is 1. The van der Waals surface area contributed by atoms with E-state index in [0.29, 0.717) is 56.3 Å². The summed E-state index contributed by atoms with van der Waals surface area (Å²) in [6.07, 6.45) is -1.24. The van der Waals surface area contributed by atoms with Gasteiger partial charge in [-0.1, -0.05) is 23.6 Å². The fourth-order valence-corrected chi connectivity index (χ4v) is 8.98. The highest BCUT2D eigenvalue weighted by atomic mass is 35.5. The van der Waals surface area contributed by atoms with Crippen molar-refractivity contribution in [3.8, 4) is 23.0 Å². The molecule has 8 rings (SSSR count). The van der Waals surface area contributed by atoms with E-state index in [0.717, 1.165) is 12.1 Å². The van der Waals surface area contributed by atoms with Gasteiger partial charge in [0.15, 0.2) is 5.78 Å². The molecule has 3 aliphatic carbocycles. The van der Waals surface area contributed by atoms with Crippen LogP contribution < -0.4 is 0 Å². The molecule has 0 radical (unpaired) electrons. The van der Waals surface area contributed by atoms with Gasteiger partial charge in [0.05, 0.1) is 27.7 Å². The fraction of sp³-hybridized carbons (Fsp3) is 0.375.